The molecule has 1 amide bonds. The molecule has 6 nitrogen and oxygen atoms in total. The zero-order valence-corrected chi connectivity index (χ0v) is 14.2. The van der Waals surface area contributed by atoms with E-state index in [-0.39, 0.29) is 5.41 Å². The van der Waals surface area contributed by atoms with Gasteiger partial charge in [-0.1, -0.05) is 12.1 Å². The number of benzene rings is 1. The van der Waals surface area contributed by atoms with E-state index in [1.54, 1.807) is 6.07 Å². The predicted octanol–water partition coefficient (Wildman–Crippen LogP) is 1.24. The van der Waals surface area contributed by atoms with E-state index in [1.165, 1.54) is 4.31 Å². The third-order valence-electron chi connectivity index (χ3n) is 5.54. The van der Waals surface area contributed by atoms with E-state index in [0.717, 1.165) is 31.5 Å². The highest BCUT2D eigenvalue weighted by Crippen LogP contribution is 2.50. The summed E-state index contributed by atoms with van der Waals surface area (Å²) in [6.07, 6.45) is 1.84. The largest absolute Gasteiger partial charge is 0.326 e. The van der Waals surface area contributed by atoms with E-state index < -0.39 is 16.1 Å². The van der Waals surface area contributed by atoms with Crippen LogP contribution in [0.5, 0.6) is 0 Å². The van der Waals surface area contributed by atoms with E-state index in [9.17, 15) is 13.2 Å². The lowest BCUT2D eigenvalue weighted by Gasteiger charge is -2.41. The summed E-state index contributed by atoms with van der Waals surface area (Å²) in [4.78, 5) is 14.5. The monoisotopic (exact) mass is 335 g/mol. The maximum Gasteiger partial charge on any atom is 0.326 e. The molecule has 1 N–H and O–H groups in total. The van der Waals surface area contributed by atoms with Crippen molar-refractivity contribution >= 4 is 21.8 Å². The van der Waals surface area contributed by atoms with Crippen molar-refractivity contribution in [1.82, 2.24) is 9.62 Å². The number of likely N-dealkylation sites (tertiary alicyclic amines) is 1. The van der Waals surface area contributed by atoms with Gasteiger partial charge in [-0.2, -0.15) is 8.42 Å². The van der Waals surface area contributed by atoms with Gasteiger partial charge in [0.1, 0.15) is 0 Å². The number of hydrogen-bond acceptors (Lipinski definition) is 4. The van der Waals surface area contributed by atoms with Gasteiger partial charge in [0.05, 0.1) is 11.3 Å². The first-order chi connectivity index (χ1) is 10.8. The number of piperidine rings is 1. The molecule has 124 valence electrons. The SMILES string of the molecule is CC(C)N1CCC2(CC1)CN1c3c(cccc32)C(=O)NS1(=O)=O. The van der Waals surface area contributed by atoms with Crippen LogP contribution in [0.3, 0.4) is 0 Å². The first-order valence-corrected chi connectivity index (χ1v) is 9.50. The van der Waals surface area contributed by atoms with E-state index >= 15 is 0 Å². The fourth-order valence-corrected chi connectivity index (χ4v) is 5.50. The number of para-hydroxylation sites is 1. The summed E-state index contributed by atoms with van der Waals surface area (Å²) in [7, 11) is -3.77. The molecule has 1 aromatic carbocycles. The van der Waals surface area contributed by atoms with Gasteiger partial charge in [0, 0.05) is 18.0 Å². The Labute approximate surface area is 136 Å². The van der Waals surface area contributed by atoms with E-state index in [4.69, 9.17) is 0 Å². The molecule has 3 aliphatic heterocycles. The number of amides is 1. The van der Waals surface area contributed by atoms with Gasteiger partial charge >= 0.3 is 10.2 Å². The summed E-state index contributed by atoms with van der Waals surface area (Å²) in [5.41, 5.74) is 1.93. The normalized spacial score (nSPS) is 24.8. The molecular weight excluding hydrogens is 314 g/mol. The third-order valence-corrected chi connectivity index (χ3v) is 6.88. The van der Waals surface area contributed by atoms with Crippen LogP contribution in [-0.4, -0.2) is 44.9 Å². The van der Waals surface area contributed by atoms with Crippen LogP contribution in [-0.2, 0) is 15.6 Å². The first-order valence-electron chi connectivity index (χ1n) is 8.06. The van der Waals surface area contributed by atoms with Crippen molar-refractivity contribution in [2.45, 2.75) is 38.1 Å². The molecule has 0 saturated carbocycles. The topological polar surface area (TPSA) is 69.7 Å². The highest BCUT2D eigenvalue weighted by atomic mass is 32.2. The Bertz CT molecular complexity index is 780. The molecule has 0 aliphatic carbocycles. The van der Waals surface area contributed by atoms with Gasteiger partial charge in [-0.05, 0) is 51.4 Å². The smallest absolute Gasteiger partial charge is 0.301 e. The minimum absolute atomic E-state index is 0.171. The maximum atomic E-state index is 12.4. The lowest BCUT2D eigenvalue weighted by Crippen LogP contribution is -2.51. The molecule has 0 radical (unpaired) electrons. The summed E-state index contributed by atoms with van der Waals surface area (Å²) < 4.78 is 28.4. The van der Waals surface area contributed by atoms with Crippen molar-refractivity contribution in [3.05, 3.63) is 29.3 Å². The summed E-state index contributed by atoms with van der Waals surface area (Å²) in [5, 5.41) is 0. The molecule has 3 aliphatic rings. The van der Waals surface area contributed by atoms with Gasteiger partial charge in [0.25, 0.3) is 5.91 Å². The van der Waals surface area contributed by atoms with Crippen molar-refractivity contribution in [3.8, 4) is 0 Å². The molecule has 1 fully saturated rings. The van der Waals surface area contributed by atoms with E-state index in [2.05, 4.69) is 23.5 Å². The number of carbonyl (C=O) groups is 1. The average Bonchev–Trinajstić information content (AvgIpc) is 2.82. The van der Waals surface area contributed by atoms with Crippen LogP contribution in [0.1, 0.15) is 42.6 Å². The molecule has 23 heavy (non-hydrogen) atoms. The van der Waals surface area contributed by atoms with Crippen LogP contribution in [0.4, 0.5) is 5.69 Å². The fourth-order valence-electron chi connectivity index (χ4n) is 4.19. The minimum Gasteiger partial charge on any atom is -0.301 e. The Hall–Kier alpha value is -1.60. The number of fused-ring (bicyclic) bond motifs is 1. The van der Waals surface area contributed by atoms with Gasteiger partial charge in [0.2, 0.25) is 0 Å². The molecule has 1 spiro atoms. The molecule has 4 rings (SSSR count). The van der Waals surface area contributed by atoms with Crippen LogP contribution in [0.2, 0.25) is 0 Å². The van der Waals surface area contributed by atoms with Crippen LogP contribution < -0.4 is 9.03 Å². The Kier molecular flexibility index (Phi) is 3.06. The van der Waals surface area contributed by atoms with Gasteiger partial charge in [-0.3, -0.25) is 9.10 Å². The zero-order valence-electron chi connectivity index (χ0n) is 13.4. The number of nitrogens with one attached hydrogen (secondary N) is 1. The van der Waals surface area contributed by atoms with Crippen molar-refractivity contribution in [1.29, 1.82) is 0 Å². The molecule has 1 aromatic rings. The first kappa shape index (κ1) is 15.0. The Morgan fingerprint density at radius 2 is 1.91 bits per heavy atom. The molecule has 0 atom stereocenters. The number of anilines is 1. The Balaban J connectivity index is 1.80. The average molecular weight is 335 g/mol. The number of hydrogen-bond donors (Lipinski definition) is 1. The lowest BCUT2D eigenvalue weighted by molar-refractivity contribution is 0.0980. The molecule has 3 heterocycles. The fraction of sp³-hybridized carbons (Fsp3) is 0.562. The molecular formula is C16H21N3O3S. The lowest BCUT2D eigenvalue weighted by atomic mass is 9.74. The zero-order chi connectivity index (χ0) is 16.4. The second-order valence-corrected chi connectivity index (χ2v) is 8.65. The summed E-state index contributed by atoms with van der Waals surface area (Å²) in [6.45, 7) is 6.72. The highest BCUT2D eigenvalue weighted by Gasteiger charge is 2.51. The van der Waals surface area contributed by atoms with E-state index in [0.29, 0.717) is 23.8 Å². The summed E-state index contributed by atoms with van der Waals surface area (Å²) >= 11 is 0. The summed E-state index contributed by atoms with van der Waals surface area (Å²) in [5.74, 6) is -0.519. The quantitative estimate of drug-likeness (QED) is 0.838. The Morgan fingerprint density at radius 1 is 1.22 bits per heavy atom. The van der Waals surface area contributed by atoms with E-state index in [1.807, 2.05) is 12.1 Å². The second kappa shape index (κ2) is 4.70. The van der Waals surface area contributed by atoms with Crippen LogP contribution in [0, 0.1) is 0 Å². The second-order valence-electron chi connectivity index (χ2n) is 7.05. The number of nitrogens with zero attached hydrogens (tertiary/aromatic N) is 2. The molecule has 0 aromatic heterocycles. The predicted molar refractivity (Wildman–Crippen MR) is 87.8 cm³/mol. The molecule has 0 bridgehead atoms. The van der Waals surface area contributed by atoms with Gasteiger partial charge in [-0.15, -0.1) is 0 Å². The van der Waals surface area contributed by atoms with Gasteiger partial charge < -0.3 is 4.90 Å². The number of carbonyl (C=O) groups excluding carboxylic acids is 1. The van der Waals surface area contributed by atoms with Gasteiger partial charge in [-0.25, -0.2) is 4.72 Å². The van der Waals surface area contributed by atoms with Crippen molar-refractivity contribution in [2.24, 2.45) is 0 Å². The third kappa shape index (κ3) is 2.03. The van der Waals surface area contributed by atoms with Crippen LogP contribution in [0.15, 0.2) is 18.2 Å². The minimum atomic E-state index is -3.77. The highest BCUT2D eigenvalue weighted by molar-refractivity contribution is 7.91. The maximum absolute atomic E-state index is 12.4. The van der Waals surface area contributed by atoms with Crippen molar-refractivity contribution in [2.75, 3.05) is 23.9 Å². The molecule has 1 saturated heterocycles. The standard InChI is InChI=1S/C16H21N3O3S/c1-11(2)18-8-6-16(7-9-18)10-19-14-12(4-3-5-13(14)16)15(20)17-23(19,21)22/h3-5,11H,6-10H2,1-2H3,(H,17,20). The van der Waals surface area contributed by atoms with Crippen LogP contribution >= 0.6 is 0 Å². The van der Waals surface area contributed by atoms with Crippen molar-refractivity contribution < 1.29 is 13.2 Å². The molecule has 7 heteroatoms. The molecule has 0 unspecified atom stereocenters. The van der Waals surface area contributed by atoms with Crippen molar-refractivity contribution in [3.63, 3.8) is 0 Å². The van der Waals surface area contributed by atoms with Gasteiger partial charge in [0.15, 0.2) is 0 Å². The number of rotatable bonds is 1. The summed E-state index contributed by atoms with van der Waals surface area (Å²) in [6, 6.07) is 6.07. The van der Waals surface area contributed by atoms with Crippen LogP contribution in [0.25, 0.3) is 0 Å². The Morgan fingerprint density at radius 3 is 2.57 bits per heavy atom.